The molecule has 1 fully saturated rings. The normalized spacial score (nSPS) is 15.1. The quantitative estimate of drug-likeness (QED) is 0.781. The lowest BCUT2D eigenvalue weighted by Crippen LogP contribution is -2.36. The highest BCUT2D eigenvalue weighted by molar-refractivity contribution is 6.30. The molecule has 0 aliphatic carbocycles. The van der Waals surface area contributed by atoms with Gasteiger partial charge in [-0.1, -0.05) is 23.7 Å². The second kappa shape index (κ2) is 8.63. The molecule has 0 spiro atoms. The lowest BCUT2D eigenvalue weighted by molar-refractivity contribution is -0.125. The standard InChI is InChI=1S/C20H20ClN3O2/c21-18-7-4-16(5-8-18)6-9-19(25)23-11-2-12-24(14-13-23)20(26)17-3-1-10-22-15-17/h1,3-10,15H,2,11-14H2/b9-6+. The summed E-state index contributed by atoms with van der Waals surface area (Å²) in [7, 11) is 0. The molecule has 0 radical (unpaired) electrons. The van der Waals surface area contributed by atoms with Crippen molar-refractivity contribution in [2.24, 2.45) is 0 Å². The van der Waals surface area contributed by atoms with Crippen LogP contribution in [0.4, 0.5) is 0 Å². The van der Waals surface area contributed by atoms with Crippen LogP contribution in [0.1, 0.15) is 22.3 Å². The number of halogens is 1. The number of rotatable bonds is 3. The van der Waals surface area contributed by atoms with Crippen LogP contribution in [0.2, 0.25) is 5.02 Å². The highest BCUT2D eigenvalue weighted by Crippen LogP contribution is 2.12. The number of pyridine rings is 1. The van der Waals surface area contributed by atoms with Gasteiger partial charge in [-0.05, 0) is 42.3 Å². The highest BCUT2D eigenvalue weighted by atomic mass is 35.5. The summed E-state index contributed by atoms with van der Waals surface area (Å²) in [5.41, 5.74) is 1.50. The van der Waals surface area contributed by atoms with Gasteiger partial charge in [-0.25, -0.2) is 0 Å². The molecule has 0 unspecified atom stereocenters. The van der Waals surface area contributed by atoms with Crippen molar-refractivity contribution in [2.45, 2.75) is 6.42 Å². The van der Waals surface area contributed by atoms with Crippen molar-refractivity contribution < 1.29 is 9.59 Å². The smallest absolute Gasteiger partial charge is 0.255 e. The van der Waals surface area contributed by atoms with E-state index in [1.54, 1.807) is 58.6 Å². The SMILES string of the molecule is O=C(/C=C/c1ccc(Cl)cc1)N1CCCN(C(=O)c2cccnc2)CC1. The number of carbonyl (C=O) groups excluding carboxylic acids is 2. The van der Waals surface area contributed by atoms with Gasteiger partial charge >= 0.3 is 0 Å². The summed E-state index contributed by atoms with van der Waals surface area (Å²) in [6.07, 6.45) is 7.33. The van der Waals surface area contributed by atoms with E-state index in [0.717, 1.165) is 12.0 Å². The zero-order chi connectivity index (χ0) is 18.4. The van der Waals surface area contributed by atoms with Crippen molar-refractivity contribution in [3.05, 3.63) is 71.0 Å². The summed E-state index contributed by atoms with van der Waals surface area (Å²) in [4.78, 5) is 32.5. The Morgan fingerprint density at radius 2 is 1.73 bits per heavy atom. The first-order chi connectivity index (χ1) is 12.6. The van der Waals surface area contributed by atoms with Crippen LogP contribution in [0.25, 0.3) is 6.08 Å². The Morgan fingerprint density at radius 1 is 1.00 bits per heavy atom. The topological polar surface area (TPSA) is 53.5 Å². The Labute approximate surface area is 157 Å². The average Bonchev–Trinajstić information content (AvgIpc) is 2.94. The number of nitrogens with zero attached hydrogens (tertiary/aromatic N) is 3. The predicted molar refractivity (Wildman–Crippen MR) is 102 cm³/mol. The minimum atomic E-state index is -0.0457. The maximum atomic E-state index is 12.5. The monoisotopic (exact) mass is 369 g/mol. The first-order valence-corrected chi connectivity index (χ1v) is 8.93. The van der Waals surface area contributed by atoms with Crippen molar-refractivity contribution in [1.82, 2.24) is 14.8 Å². The fourth-order valence-electron chi connectivity index (χ4n) is 2.86. The van der Waals surface area contributed by atoms with Crippen LogP contribution in [0.3, 0.4) is 0 Å². The van der Waals surface area contributed by atoms with Gasteiger partial charge in [0.25, 0.3) is 5.91 Å². The molecule has 134 valence electrons. The Bertz CT molecular complexity index is 790. The third kappa shape index (κ3) is 4.70. The summed E-state index contributed by atoms with van der Waals surface area (Å²) in [5.74, 6) is -0.0836. The van der Waals surface area contributed by atoms with Crippen molar-refractivity contribution in [1.29, 1.82) is 0 Å². The molecular weight excluding hydrogens is 350 g/mol. The Morgan fingerprint density at radius 3 is 2.46 bits per heavy atom. The number of carbonyl (C=O) groups is 2. The minimum absolute atomic E-state index is 0.0379. The maximum Gasteiger partial charge on any atom is 0.255 e. The van der Waals surface area contributed by atoms with E-state index >= 15 is 0 Å². The van der Waals surface area contributed by atoms with Gasteiger partial charge in [0.15, 0.2) is 0 Å². The highest BCUT2D eigenvalue weighted by Gasteiger charge is 2.21. The van der Waals surface area contributed by atoms with E-state index in [9.17, 15) is 9.59 Å². The number of hydrogen-bond acceptors (Lipinski definition) is 3. The molecule has 0 atom stereocenters. The molecule has 1 aliphatic rings. The second-order valence-electron chi connectivity index (χ2n) is 6.10. The van der Waals surface area contributed by atoms with E-state index in [0.29, 0.717) is 36.8 Å². The number of benzene rings is 1. The van der Waals surface area contributed by atoms with Gasteiger partial charge < -0.3 is 9.80 Å². The second-order valence-corrected chi connectivity index (χ2v) is 6.53. The third-order valence-electron chi connectivity index (χ3n) is 4.29. The van der Waals surface area contributed by atoms with Gasteiger partial charge in [-0.15, -0.1) is 0 Å². The number of amides is 2. The van der Waals surface area contributed by atoms with Crippen molar-refractivity contribution in [3.63, 3.8) is 0 Å². The van der Waals surface area contributed by atoms with Crippen LogP contribution in [-0.2, 0) is 4.79 Å². The van der Waals surface area contributed by atoms with Crippen LogP contribution < -0.4 is 0 Å². The van der Waals surface area contributed by atoms with E-state index < -0.39 is 0 Å². The first kappa shape index (κ1) is 18.1. The predicted octanol–water partition coefficient (Wildman–Crippen LogP) is 3.12. The molecule has 0 bridgehead atoms. The molecule has 6 heteroatoms. The van der Waals surface area contributed by atoms with E-state index in [1.807, 2.05) is 12.1 Å². The van der Waals surface area contributed by atoms with Gasteiger partial charge in [-0.3, -0.25) is 14.6 Å². The van der Waals surface area contributed by atoms with E-state index in [1.165, 1.54) is 0 Å². The molecular formula is C20H20ClN3O2. The van der Waals surface area contributed by atoms with Gasteiger partial charge in [0.1, 0.15) is 0 Å². The van der Waals surface area contributed by atoms with Gasteiger partial charge in [0.05, 0.1) is 5.56 Å². The Hall–Kier alpha value is -2.66. The average molecular weight is 370 g/mol. The van der Waals surface area contributed by atoms with E-state index in [2.05, 4.69) is 4.98 Å². The molecule has 1 aliphatic heterocycles. The van der Waals surface area contributed by atoms with Gasteiger partial charge in [0, 0.05) is 49.7 Å². The summed E-state index contributed by atoms with van der Waals surface area (Å²) in [6, 6.07) is 10.8. The van der Waals surface area contributed by atoms with Crippen molar-refractivity contribution in [2.75, 3.05) is 26.2 Å². The van der Waals surface area contributed by atoms with Crippen LogP contribution in [0.5, 0.6) is 0 Å². The molecule has 3 rings (SSSR count). The van der Waals surface area contributed by atoms with Crippen LogP contribution in [0.15, 0.2) is 54.9 Å². The van der Waals surface area contributed by atoms with Gasteiger partial charge in [-0.2, -0.15) is 0 Å². The first-order valence-electron chi connectivity index (χ1n) is 8.55. The summed E-state index contributed by atoms with van der Waals surface area (Å²) in [6.45, 7) is 2.32. The lowest BCUT2D eigenvalue weighted by Gasteiger charge is -2.21. The van der Waals surface area contributed by atoms with Gasteiger partial charge in [0.2, 0.25) is 5.91 Å². The fourth-order valence-corrected chi connectivity index (χ4v) is 2.99. The molecule has 0 saturated carbocycles. The van der Waals surface area contributed by atoms with E-state index in [4.69, 9.17) is 11.6 Å². The summed E-state index contributed by atoms with van der Waals surface area (Å²) >= 11 is 5.86. The zero-order valence-corrected chi connectivity index (χ0v) is 15.1. The lowest BCUT2D eigenvalue weighted by atomic mass is 10.2. The molecule has 1 aromatic carbocycles. The third-order valence-corrected chi connectivity index (χ3v) is 4.54. The van der Waals surface area contributed by atoms with E-state index in [-0.39, 0.29) is 11.8 Å². The number of aromatic nitrogens is 1. The fraction of sp³-hybridized carbons (Fsp3) is 0.250. The molecule has 0 N–H and O–H groups in total. The maximum absolute atomic E-state index is 12.5. The molecule has 1 saturated heterocycles. The minimum Gasteiger partial charge on any atom is -0.337 e. The molecule has 2 heterocycles. The summed E-state index contributed by atoms with van der Waals surface area (Å²) in [5, 5.41) is 0.666. The van der Waals surface area contributed by atoms with Crippen LogP contribution in [-0.4, -0.2) is 52.8 Å². The largest absolute Gasteiger partial charge is 0.337 e. The Kier molecular flexibility index (Phi) is 6.02. The van der Waals surface area contributed by atoms with Crippen molar-refractivity contribution in [3.8, 4) is 0 Å². The van der Waals surface area contributed by atoms with Crippen LogP contribution in [0, 0.1) is 0 Å². The molecule has 2 aromatic rings. The summed E-state index contributed by atoms with van der Waals surface area (Å²) < 4.78 is 0. The van der Waals surface area contributed by atoms with Crippen LogP contribution >= 0.6 is 11.6 Å². The molecule has 1 aromatic heterocycles. The Balaban J connectivity index is 1.58. The van der Waals surface area contributed by atoms with Crippen molar-refractivity contribution >= 4 is 29.5 Å². The number of hydrogen-bond donors (Lipinski definition) is 0. The molecule has 26 heavy (non-hydrogen) atoms. The zero-order valence-electron chi connectivity index (χ0n) is 14.3. The molecule has 2 amide bonds. The molecule has 5 nitrogen and oxygen atoms in total.